The zero-order chi connectivity index (χ0) is 13.8. The van der Waals surface area contributed by atoms with Gasteiger partial charge >= 0.3 is 0 Å². The van der Waals surface area contributed by atoms with Crippen molar-refractivity contribution in [2.45, 2.75) is 13.3 Å². The monoisotopic (exact) mass is 340 g/mol. The standard InChI is InChI=1S/C12H10BrClN4O/c1-2-8-3-7(4-10(14)17-8)12(19)18-11-6-15-9(13)5-16-11/h3-6H,2H2,1H3,(H,16,18,19). The smallest absolute Gasteiger partial charge is 0.257 e. The molecule has 0 radical (unpaired) electrons. The molecule has 0 aliphatic heterocycles. The van der Waals surface area contributed by atoms with Gasteiger partial charge in [-0.1, -0.05) is 18.5 Å². The zero-order valence-corrected chi connectivity index (χ0v) is 12.4. The van der Waals surface area contributed by atoms with Gasteiger partial charge in [0, 0.05) is 11.3 Å². The maximum atomic E-state index is 12.0. The summed E-state index contributed by atoms with van der Waals surface area (Å²) in [7, 11) is 0. The second kappa shape index (κ2) is 6.08. The maximum absolute atomic E-state index is 12.0. The summed E-state index contributed by atoms with van der Waals surface area (Å²) in [6.07, 6.45) is 3.68. The summed E-state index contributed by atoms with van der Waals surface area (Å²) >= 11 is 9.04. The fourth-order valence-electron chi connectivity index (χ4n) is 1.43. The normalized spacial score (nSPS) is 10.3. The van der Waals surface area contributed by atoms with Crippen molar-refractivity contribution in [2.75, 3.05) is 5.32 Å². The van der Waals surface area contributed by atoms with Crippen molar-refractivity contribution in [2.24, 2.45) is 0 Å². The molecular formula is C12H10BrClN4O. The average Bonchev–Trinajstić information content (AvgIpc) is 2.40. The first-order valence-electron chi connectivity index (χ1n) is 5.54. The number of anilines is 1. The highest BCUT2D eigenvalue weighted by molar-refractivity contribution is 9.10. The first kappa shape index (κ1) is 13.9. The number of rotatable bonds is 3. The Morgan fingerprint density at radius 3 is 2.79 bits per heavy atom. The molecule has 0 aliphatic carbocycles. The van der Waals surface area contributed by atoms with Crippen LogP contribution in [0.25, 0.3) is 0 Å². The molecule has 98 valence electrons. The SMILES string of the molecule is CCc1cc(C(=O)Nc2cnc(Br)cn2)cc(Cl)n1. The molecule has 19 heavy (non-hydrogen) atoms. The van der Waals surface area contributed by atoms with E-state index in [-0.39, 0.29) is 5.91 Å². The molecule has 1 N–H and O–H groups in total. The van der Waals surface area contributed by atoms with Gasteiger partial charge in [0.15, 0.2) is 5.82 Å². The Morgan fingerprint density at radius 1 is 1.37 bits per heavy atom. The number of nitrogens with zero attached hydrogens (tertiary/aromatic N) is 3. The van der Waals surface area contributed by atoms with Crippen molar-refractivity contribution in [1.82, 2.24) is 15.0 Å². The minimum absolute atomic E-state index is 0.296. The maximum Gasteiger partial charge on any atom is 0.257 e. The Bertz CT molecular complexity index is 603. The number of amides is 1. The first-order chi connectivity index (χ1) is 9.08. The fraction of sp³-hybridized carbons (Fsp3) is 0.167. The van der Waals surface area contributed by atoms with Crippen LogP contribution >= 0.6 is 27.5 Å². The van der Waals surface area contributed by atoms with Crippen molar-refractivity contribution >= 4 is 39.3 Å². The summed E-state index contributed by atoms with van der Waals surface area (Å²) in [6.45, 7) is 1.94. The minimum atomic E-state index is -0.296. The van der Waals surface area contributed by atoms with Gasteiger partial charge in [0.25, 0.3) is 5.91 Å². The summed E-state index contributed by atoms with van der Waals surface area (Å²) in [5.74, 6) is 0.0785. The highest BCUT2D eigenvalue weighted by Gasteiger charge is 2.10. The van der Waals surface area contributed by atoms with Crippen LogP contribution in [0.1, 0.15) is 23.0 Å². The third kappa shape index (κ3) is 3.71. The molecule has 0 atom stereocenters. The van der Waals surface area contributed by atoms with Gasteiger partial charge in [-0.05, 0) is 34.5 Å². The number of hydrogen-bond donors (Lipinski definition) is 1. The number of pyridine rings is 1. The van der Waals surface area contributed by atoms with Crippen LogP contribution in [0, 0.1) is 0 Å². The van der Waals surface area contributed by atoms with Crippen molar-refractivity contribution < 1.29 is 4.79 Å². The topological polar surface area (TPSA) is 67.8 Å². The van der Waals surface area contributed by atoms with E-state index >= 15 is 0 Å². The van der Waals surface area contributed by atoms with Gasteiger partial charge in [-0.2, -0.15) is 0 Å². The summed E-state index contributed by atoms with van der Waals surface area (Å²) in [6, 6.07) is 3.22. The number of carbonyl (C=O) groups excluding carboxylic acids is 1. The van der Waals surface area contributed by atoms with Gasteiger partial charge in [-0.25, -0.2) is 15.0 Å². The van der Waals surface area contributed by atoms with E-state index in [4.69, 9.17) is 11.6 Å². The quantitative estimate of drug-likeness (QED) is 0.871. The Hall–Kier alpha value is -1.53. The molecule has 0 bridgehead atoms. The number of aromatic nitrogens is 3. The lowest BCUT2D eigenvalue weighted by Gasteiger charge is -2.06. The molecule has 0 saturated heterocycles. The van der Waals surface area contributed by atoms with Crippen molar-refractivity contribution in [1.29, 1.82) is 0 Å². The largest absolute Gasteiger partial charge is 0.305 e. The Balaban J connectivity index is 2.20. The van der Waals surface area contributed by atoms with Crippen LogP contribution in [0.15, 0.2) is 29.1 Å². The summed E-state index contributed by atoms with van der Waals surface area (Å²) in [5, 5.41) is 2.94. The van der Waals surface area contributed by atoms with Gasteiger partial charge in [-0.3, -0.25) is 4.79 Å². The van der Waals surface area contributed by atoms with Crippen LogP contribution < -0.4 is 5.32 Å². The van der Waals surface area contributed by atoms with Crippen LogP contribution in [-0.2, 0) is 6.42 Å². The predicted octanol–water partition coefficient (Wildman–Crippen LogP) is 3.10. The molecule has 2 aromatic rings. The van der Waals surface area contributed by atoms with Gasteiger partial charge in [0.2, 0.25) is 0 Å². The van der Waals surface area contributed by atoms with E-state index in [9.17, 15) is 4.79 Å². The average molecular weight is 342 g/mol. The molecule has 0 unspecified atom stereocenters. The summed E-state index contributed by atoms with van der Waals surface area (Å²) in [5.41, 5.74) is 1.21. The predicted molar refractivity (Wildman–Crippen MR) is 76.3 cm³/mol. The van der Waals surface area contributed by atoms with Gasteiger partial charge < -0.3 is 5.32 Å². The van der Waals surface area contributed by atoms with Gasteiger partial charge in [-0.15, -0.1) is 0 Å². The fourth-order valence-corrected chi connectivity index (χ4v) is 1.86. The van der Waals surface area contributed by atoms with Crippen LogP contribution in [0.2, 0.25) is 5.15 Å². The molecule has 5 nitrogen and oxygen atoms in total. The van der Waals surface area contributed by atoms with E-state index in [1.807, 2.05) is 6.92 Å². The van der Waals surface area contributed by atoms with E-state index in [0.717, 1.165) is 5.69 Å². The highest BCUT2D eigenvalue weighted by Crippen LogP contribution is 2.13. The summed E-state index contributed by atoms with van der Waals surface area (Å²) < 4.78 is 0.603. The van der Waals surface area contributed by atoms with E-state index in [1.165, 1.54) is 18.5 Å². The van der Waals surface area contributed by atoms with Crippen LogP contribution in [0.3, 0.4) is 0 Å². The molecule has 0 aromatic carbocycles. The third-order valence-corrected chi connectivity index (χ3v) is 2.94. The first-order valence-corrected chi connectivity index (χ1v) is 6.71. The van der Waals surface area contributed by atoms with Gasteiger partial charge in [0.05, 0.1) is 12.4 Å². The lowest BCUT2D eigenvalue weighted by Crippen LogP contribution is -2.14. The molecule has 0 fully saturated rings. The Morgan fingerprint density at radius 2 is 2.16 bits per heavy atom. The number of carbonyl (C=O) groups is 1. The van der Waals surface area contributed by atoms with Crippen LogP contribution in [0.5, 0.6) is 0 Å². The molecule has 2 rings (SSSR count). The second-order valence-corrected chi connectivity index (χ2v) is 4.90. The molecule has 0 aliphatic rings. The molecule has 0 saturated carbocycles. The summed E-state index contributed by atoms with van der Waals surface area (Å²) in [4.78, 5) is 24.1. The zero-order valence-electron chi connectivity index (χ0n) is 10.0. The number of aryl methyl sites for hydroxylation is 1. The molecule has 0 spiro atoms. The van der Waals surface area contributed by atoms with E-state index < -0.39 is 0 Å². The molecule has 1 amide bonds. The lowest BCUT2D eigenvalue weighted by atomic mass is 10.2. The van der Waals surface area contributed by atoms with Crippen molar-refractivity contribution in [3.05, 3.63) is 45.5 Å². The minimum Gasteiger partial charge on any atom is -0.305 e. The Kier molecular flexibility index (Phi) is 4.44. The molecule has 2 heterocycles. The highest BCUT2D eigenvalue weighted by atomic mass is 79.9. The van der Waals surface area contributed by atoms with E-state index in [1.54, 1.807) is 6.07 Å². The molecule has 7 heteroatoms. The number of halogens is 2. The van der Waals surface area contributed by atoms with Crippen LogP contribution in [-0.4, -0.2) is 20.9 Å². The number of nitrogens with one attached hydrogen (secondary N) is 1. The number of hydrogen-bond acceptors (Lipinski definition) is 4. The third-order valence-electron chi connectivity index (χ3n) is 2.33. The Labute approximate surface area is 123 Å². The van der Waals surface area contributed by atoms with E-state index in [0.29, 0.717) is 27.6 Å². The van der Waals surface area contributed by atoms with Crippen LogP contribution in [0.4, 0.5) is 5.82 Å². The second-order valence-electron chi connectivity index (χ2n) is 3.70. The van der Waals surface area contributed by atoms with E-state index in [2.05, 4.69) is 36.2 Å². The van der Waals surface area contributed by atoms with Crippen molar-refractivity contribution in [3.63, 3.8) is 0 Å². The lowest BCUT2D eigenvalue weighted by molar-refractivity contribution is 0.102. The molecular weight excluding hydrogens is 332 g/mol. The molecule has 2 aromatic heterocycles. The van der Waals surface area contributed by atoms with Crippen molar-refractivity contribution in [3.8, 4) is 0 Å². The van der Waals surface area contributed by atoms with Gasteiger partial charge in [0.1, 0.15) is 9.76 Å².